The fourth-order valence-electron chi connectivity index (χ4n) is 1.77. The number of nitrogens with one attached hydrogen (secondary N) is 2. The van der Waals surface area contributed by atoms with Crippen LogP contribution in [0.5, 0.6) is 0 Å². The summed E-state index contributed by atoms with van der Waals surface area (Å²) in [5.74, 6) is -0.859. The molecule has 2 amide bonds. The van der Waals surface area contributed by atoms with Crippen LogP contribution in [-0.4, -0.2) is 49.1 Å². The quantitative estimate of drug-likeness (QED) is 0.353. The van der Waals surface area contributed by atoms with Crippen LogP contribution >= 0.6 is 0 Å². The van der Waals surface area contributed by atoms with Gasteiger partial charge in [-0.25, -0.2) is 0 Å². The molecule has 0 heterocycles. The van der Waals surface area contributed by atoms with Crippen LogP contribution in [0.2, 0.25) is 0 Å². The summed E-state index contributed by atoms with van der Waals surface area (Å²) in [6.07, 6.45) is 1.20. The number of carbonyl (C=O) groups excluding carboxylic acids is 3. The van der Waals surface area contributed by atoms with Gasteiger partial charge in [0, 0.05) is 29.4 Å². The Hall–Kier alpha value is -2.51. The number of carbonyl (C=O) groups is 3. The van der Waals surface area contributed by atoms with Crippen molar-refractivity contribution in [1.29, 1.82) is 0 Å². The Balaban J connectivity index is 2.47. The summed E-state index contributed by atoms with van der Waals surface area (Å²) >= 11 is 0. The molecule has 0 saturated carbocycles. The number of benzene rings is 1. The van der Waals surface area contributed by atoms with Crippen molar-refractivity contribution in [3.63, 3.8) is 0 Å². The van der Waals surface area contributed by atoms with Crippen molar-refractivity contribution in [3.8, 4) is 0 Å². The number of aliphatic hydroxyl groups is 1. The maximum Gasteiger partial charge on any atom is 0.248 e. The van der Waals surface area contributed by atoms with Crippen LogP contribution in [-0.2, 0) is 14.3 Å². The van der Waals surface area contributed by atoms with E-state index in [0.29, 0.717) is 11.3 Å². The highest BCUT2D eigenvalue weighted by molar-refractivity contribution is 6.06. The third kappa shape index (κ3) is 7.17. The molecule has 24 heavy (non-hydrogen) atoms. The number of hydrogen-bond donors (Lipinski definition) is 3. The van der Waals surface area contributed by atoms with Crippen LogP contribution in [0.25, 0.3) is 0 Å². The standard InChI is InChI=1S/C17H22N2O5/c1-12(17(23)18-7-9-24-10-8-20)11-16(22)19-15-5-3-14(4-6-15)13(2)21/h3-6,11,20H,7-10H2,1-2H3,(H,18,23)(H,19,22)/b12-11-. The van der Waals surface area contributed by atoms with Crippen molar-refractivity contribution in [2.45, 2.75) is 13.8 Å². The van der Waals surface area contributed by atoms with E-state index in [1.807, 2.05) is 0 Å². The molecule has 0 aliphatic heterocycles. The fraction of sp³-hybridized carbons (Fsp3) is 0.353. The van der Waals surface area contributed by atoms with Gasteiger partial charge in [-0.3, -0.25) is 14.4 Å². The molecule has 0 bridgehead atoms. The van der Waals surface area contributed by atoms with Crippen molar-refractivity contribution in [3.05, 3.63) is 41.5 Å². The number of anilines is 1. The second-order valence-electron chi connectivity index (χ2n) is 5.04. The molecule has 0 saturated heterocycles. The van der Waals surface area contributed by atoms with Gasteiger partial charge < -0.3 is 20.5 Å². The van der Waals surface area contributed by atoms with Crippen LogP contribution in [0.3, 0.4) is 0 Å². The van der Waals surface area contributed by atoms with Gasteiger partial charge in [-0.2, -0.15) is 0 Å². The van der Waals surface area contributed by atoms with Gasteiger partial charge in [-0.1, -0.05) is 0 Å². The smallest absolute Gasteiger partial charge is 0.248 e. The van der Waals surface area contributed by atoms with Gasteiger partial charge >= 0.3 is 0 Å². The van der Waals surface area contributed by atoms with Gasteiger partial charge in [0.25, 0.3) is 0 Å². The maximum atomic E-state index is 11.9. The third-order valence-corrected chi connectivity index (χ3v) is 3.03. The summed E-state index contributed by atoms with van der Waals surface area (Å²) in [7, 11) is 0. The van der Waals surface area contributed by atoms with Crippen LogP contribution in [0.15, 0.2) is 35.9 Å². The molecule has 0 fully saturated rings. The SMILES string of the molecule is CC(=O)c1ccc(NC(=O)/C=C(/C)C(=O)NCCOCCO)cc1. The van der Waals surface area contributed by atoms with Crippen LogP contribution in [0, 0.1) is 0 Å². The normalized spacial score (nSPS) is 11.0. The van der Waals surface area contributed by atoms with E-state index in [1.54, 1.807) is 24.3 Å². The monoisotopic (exact) mass is 334 g/mol. The topological polar surface area (TPSA) is 105 Å². The van der Waals surface area contributed by atoms with Gasteiger partial charge in [0.1, 0.15) is 0 Å². The van der Waals surface area contributed by atoms with Gasteiger partial charge in [-0.15, -0.1) is 0 Å². The Bertz CT molecular complexity index is 608. The zero-order chi connectivity index (χ0) is 17.9. The molecule has 0 aliphatic carbocycles. The Morgan fingerprint density at radius 1 is 1.12 bits per heavy atom. The fourth-order valence-corrected chi connectivity index (χ4v) is 1.77. The Morgan fingerprint density at radius 3 is 2.38 bits per heavy atom. The van der Waals surface area contributed by atoms with Crippen molar-refractivity contribution < 1.29 is 24.2 Å². The van der Waals surface area contributed by atoms with Crippen molar-refractivity contribution in [2.75, 3.05) is 31.7 Å². The largest absolute Gasteiger partial charge is 0.394 e. The minimum atomic E-state index is -0.435. The van der Waals surface area contributed by atoms with E-state index in [1.165, 1.54) is 19.9 Å². The zero-order valence-electron chi connectivity index (χ0n) is 13.8. The van der Waals surface area contributed by atoms with Gasteiger partial charge in [0.05, 0.1) is 19.8 Å². The molecule has 1 aromatic rings. The van der Waals surface area contributed by atoms with Crippen molar-refractivity contribution >= 4 is 23.3 Å². The number of aliphatic hydroxyl groups excluding tert-OH is 1. The van der Waals surface area contributed by atoms with Crippen molar-refractivity contribution in [1.82, 2.24) is 5.32 Å². The summed E-state index contributed by atoms with van der Waals surface area (Å²) in [4.78, 5) is 34.8. The van der Waals surface area contributed by atoms with E-state index >= 15 is 0 Å². The number of ether oxygens (including phenoxy) is 1. The lowest BCUT2D eigenvalue weighted by molar-refractivity contribution is -0.118. The first-order valence-corrected chi connectivity index (χ1v) is 7.51. The molecule has 0 spiro atoms. The van der Waals surface area contributed by atoms with Crippen LogP contribution in [0.1, 0.15) is 24.2 Å². The average Bonchev–Trinajstić information content (AvgIpc) is 2.54. The molecule has 0 atom stereocenters. The molecular formula is C17H22N2O5. The lowest BCUT2D eigenvalue weighted by Crippen LogP contribution is -2.28. The summed E-state index contributed by atoms with van der Waals surface area (Å²) in [6, 6.07) is 6.48. The minimum absolute atomic E-state index is 0.0525. The predicted octanol–water partition coefficient (Wildman–Crippen LogP) is 0.899. The molecule has 1 rings (SSSR count). The van der Waals surface area contributed by atoms with Gasteiger partial charge in [-0.05, 0) is 38.1 Å². The number of amides is 2. The first-order valence-electron chi connectivity index (χ1n) is 7.51. The highest BCUT2D eigenvalue weighted by atomic mass is 16.5. The predicted molar refractivity (Wildman–Crippen MR) is 89.7 cm³/mol. The molecule has 7 heteroatoms. The first kappa shape index (κ1) is 19.5. The summed E-state index contributed by atoms with van der Waals surface area (Å²) in [5.41, 5.74) is 1.35. The summed E-state index contributed by atoms with van der Waals surface area (Å²) in [6.45, 7) is 3.72. The molecule has 130 valence electrons. The number of ketones is 1. The Kier molecular flexibility index (Phi) is 8.38. The average molecular weight is 334 g/mol. The number of Topliss-reactive ketones (excluding diaryl/α,β-unsaturated/α-hetero) is 1. The molecule has 1 aromatic carbocycles. The molecule has 0 aromatic heterocycles. The van der Waals surface area contributed by atoms with E-state index in [0.717, 1.165) is 0 Å². The van der Waals surface area contributed by atoms with E-state index in [9.17, 15) is 14.4 Å². The lowest BCUT2D eigenvalue weighted by atomic mass is 10.1. The summed E-state index contributed by atoms with van der Waals surface area (Å²) < 4.78 is 5.01. The van der Waals surface area contributed by atoms with Crippen molar-refractivity contribution in [2.24, 2.45) is 0 Å². The second kappa shape index (κ2) is 10.3. The molecule has 3 N–H and O–H groups in total. The van der Waals surface area contributed by atoms with Crippen LogP contribution in [0.4, 0.5) is 5.69 Å². The molecule has 7 nitrogen and oxygen atoms in total. The van der Waals surface area contributed by atoms with E-state index in [-0.39, 0.29) is 43.6 Å². The second-order valence-corrected chi connectivity index (χ2v) is 5.04. The minimum Gasteiger partial charge on any atom is -0.394 e. The van der Waals surface area contributed by atoms with E-state index < -0.39 is 5.91 Å². The first-order chi connectivity index (χ1) is 11.4. The van der Waals surface area contributed by atoms with Gasteiger partial charge in [0.15, 0.2) is 5.78 Å². The molecule has 0 aliphatic rings. The van der Waals surface area contributed by atoms with E-state index in [2.05, 4.69) is 10.6 Å². The zero-order valence-corrected chi connectivity index (χ0v) is 13.8. The number of hydrogen-bond acceptors (Lipinski definition) is 5. The van der Waals surface area contributed by atoms with Crippen LogP contribution < -0.4 is 10.6 Å². The Morgan fingerprint density at radius 2 is 1.79 bits per heavy atom. The summed E-state index contributed by atoms with van der Waals surface area (Å²) in [5, 5.41) is 13.8. The molecular weight excluding hydrogens is 312 g/mol. The number of rotatable bonds is 9. The maximum absolute atomic E-state index is 11.9. The molecule has 0 unspecified atom stereocenters. The van der Waals surface area contributed by atoms with Gasteiger partial charge in [0.2, 0.25) is 11.8 Å². The highest BCUT2D eigenvalue weighted by Crippen LogP contribution is 2.10. The molecule has 0 radical (unpaired) electrons. The van der Waals surface area contributed by atoms with E-state index in [4.69, 9.17) is 9.84 Å². The Labute approximate surface area is 140 Å². The lowest BCUT2D eigenvalue weighted by Gasteiger charge is -2.06. The highest BCUT2D eigenvalue weighted by Gasteiger charge is 2.07. The third-order valence-electron chi connectivity index (χ3n) is 3.03.